The fourth-order valence-corrected chi connectivity index (χ4v) is 3.07. The highest BCUT2D eigenvalue weighted by atomic mass is 127. The lowest BCUT2D eigenvalue weighted by atomic mass is 10.1. The van der Waals surface area contributed by atoms with E-state index in [0.29, 0.717) is 12.6 Å². The fraction of sp³-hybridized carbons (Fsp3) is 0.435. The van der Waals surface area contributed by atoms with Gasteiger partial charge in [0.05, 0.1) is 6.61 Å². The van der Waals surface area contributed by atoms with Crippen molar-refractivity contribution in [3.05, 3.63) is 71.3 Å². The predicted octanol–water partition coefficient (Wildman–Crippen LogP) is 4.03. The highest BCUT2D eigenvalue weighted by molar-refractivity contribution is 14.0. The number of guanidine groups is 1. The lowest BCUT2D eigenvalue weighted by Crippen LogP contribution is -2.39. The van der Waals surface area contributed by atoms with E-state index in [-0.39, 0.29) is 24.0 Å². The van der Waals surface area contributed by atoms with Crippen molar-refractivity contribution in [1.82, 2.24) is 15.5 Å². The van der Waals surface area contributed by atoms with Gasteiger partial charge in [0.25, 0.3) is 0 Å². The zero-order valence-electron chi connectivity index (χ0n) is 18.0. The van der Waals surface area contributed by atoms with Gasteiger partial charge in [0.1, 0.15) is 0 Å². The van der Waals surface area contributed by atoms with Gasteiger partial charge in [-0.05, 0) is 37.1 Å². The second-order valence-corrected chi connectivity index (χ2v) is 7.09. The Balaban J connectivity index is 0.00000420. The topological polar surface area (TPSA) is 48.9 Å². The Morgan fingerprint density at radius 3 is 2.34 bits per heavy atom. The maximum Gasteiger partial charge on any atom is 0.191 e. The molecule has 0 aliphatic rings. The predicted molar refractivity (Wildman–Crippen MR) is 133 cm³/mol. The van der Waals surface area contributed by atoms with Crippen LogP contribution in [0.2, 0.25) is 0 Å². The minimum atomic E-state index is 0. The van der Waals surface area contributed by atoms with E-state index in [2.05, 4.69) is 83.0 Å². The molecule has 0 radical (unpaired) electrons. The summed E-state index contributed by atoms with van der Waals surface area (Å²) in [6.45, 7) is 5.45. The molecule has 1 atom stereocenters. The third kappa shape index (κ3) is 9.14. The van der Waals surface area contributed by atoms with E-state index < -0.39 is 0 Å². The molecule has 2 aromatic carbocycles. The second-order valence-electron chi connectivity index (χ2n) is 7.09. The van der Waals surface area contributed by atoms with Crippen LogP contribution in [0.5, 0.6) is 0 Å². The Hall–Kier alpha value is -1.64. The smallest absolute Gasteiger partial charge is 0.191 e. The van der Waals surface area contributed by atoms with Crippen LogP contribution in [-0.4, -0.2) is 44.7 Å². The molecular weight excluding hydrogens is 475 g/mol. The van der Waals surface area contributed by atoms with E-state index in [1.807, 2.05) is 6.07 Å². The normalized spacial score (nSPS) is 12.4. The highest BCUT2D eigenvalue weighted by Gasteiger charge is 2.10. The molecule has 0 aliphatic carbocycles. The van der Waals surface area contributed by atoms with E-state index in [9.17, 15) is 0 Å². The third-order valence-electron chi connectivity index (χ3n) is 4.97. The number of hydrogen-bond acceptors (Lipinski definition) is 3. The zero-order chi connectivity index (χ0) is 20.2. The third-order valence-corrected chi connectivity index (χ3v) is 4.97. The number of aliphatic imine (C=N–C) groups is 1. The molecule has 5 nitrogen and oxygen atoms in total. The first-order chi connectivity index (χ1) is 13.6. The van der Waals surface area contributed by atoms with Gasteiger partial charge in [-0.2, -0.15) is 0 Å². The molecule has 0 aromatic heterocycles. The largest absolute Gasteiger partial charge is 0.380 e. The Kier molecular flexibility index (Phi) is 12.6. The quantitative estimate of drug-likeness (QED) is 0.288. The SMILES string of the molecule is CN=C(NCCC(C)N(C)Cc1ccccc1)NCc1ccccc1COC.I. The van der Waals surface area contributed by atoms with Crippen molar-refractivity contribution in [3.8, 4) is 0 Å². The minimum Gasteiger partial charge on any atom is -0.380 e. The van der Waals surface area contributed by atoms with Crippen LogP contribution in [0.15, 0.2) is 59.6 Å². The lowest BCUT2D eigenvalue weighted by Gasteiger charge is -2.25. The van der Waals surface area contributed by atoms with Gasteiger partial charge in [-0.15, -0.1) is 24.0 Å². The molecule has 6 heteroatoms. The summed E-state index contributed by atoms with van der Waals surface area (Å²) < 4.78 is 5.28. The van der Waals surface area contributed by atoms with E-state index >= 15 is 0 Å². The van der Waals surface area contributed by atoms with Crippen molar-refractivity contribution in [3.63, 3.8) is 0 Å². The summed E-state index contributed by atoms with van der Waals surface area (Å²) in [6.07, 6.45) is 1.05. The Morgan fingerprint density at radius 2 is 1.69 bits per heavy atom. The zero-order valence-corrected chi connectivity index (χ0v) is 20.4. The molecule has 2 rings (SSSR count). The van der Waals surface area contributed by atoms with Crippen molar-refractivity contribution < 1.29 is 4.74 Å². The molecule has 0 fully saturated rings. The van der Waals surface area contributed by atoms with Crippen LogP contribution in [0.25, 0.3) is 0 Å². The number of hydrogen-bond donors (Lipinski definition) is 2. The number of ether oxygens (including phenoxy) is 1. The van der Waals surface area contributed by atoms with Gasteiger partial charge in [0.15, 0.2) is 5.96 Å². The van der Waals surface area contributed by atoms with Crippen LogP contribution < -0.4 is 10.6 Å². The van der Waals surface area contributed by atoms with E-state index in [4.69, 9.17) is 4.74 Å². The first kappa shape index (κ1) is 25.4. The van der Waals surface area contributed by atoms with Gasteiger partial charge in [-0.1, -0.05) is 54.6 Å². The molecule has 29 heavy (non-hydrogen) atoms. The Bertz CT molecular complexity index is 724. The first-order valence-electron chi connectivity index (χ1n) is 9.88. The van der Waals surface area contributed by atoms with Crippen LogP contribution in [0.1, 0.15) is 30.0 Å². The van der Waals surface area contributed by atoms with Crippen molar-refractivity contribution >= 4 is 29.9 Å². The standard InChI is InChI=1S/C23H34N4O.HI/c1-19(27(3)17-20-10-6-5-7-11-20)14-15-25-23(24-2)26-16-21-12-8-9-13-22(21)18-28-4;/h5-13,19H,14-18H2,1-4H3,(H2,24,25,26);1H. The summed E-state index contributed by atoms with van der Waals surface area (Å²) in [7, 11) is 5.71. The minimum absolute atomic E-state index is 0. The molecule has 0 bridgehead atoms. The second kappa shape index (κ2) is 14.4. The fourth-order valence-electron chi connectivity index (χ4n) is 3.07. The molecule has 0 saturated carbocycles. The highest BCUT2D eigenvalue weighted by Crippen LogP contribution is 2.10. The molecular formula is C23H35IN4O. The van der Waals surface area contributed by atoms with Crippen molar-refractivity contribution in [2.24, 2.45) is 4.99 Å². The van der Waals surface area contributed by atoms with Crippen molar-refractivity contribution in [1.29, 1.82) is 0 Å². The number of benzene rings is 2. The number of methoxy groups -OCH3 is 1. The molecule has 0 heterocycles. The number of halogens is 1. The van der Waals surface area contributed by atoms with Crippen molar-refractivity contribution in [2.75, 3.05) is 27.7 Å². The number of rotatable bonds is 10. The maximum absolute atomic E-state index is 5.28. The molecule has 160 valence electrons. The van der Waals surface area contributed by atoms with Crippen LogP contribution >= 0.6 is 24.0 Å². The van der Waals surface area contributed by atoms with Crippen LogP contribution in [0.3, 0.4) is 0 Å². The maximum atomic E-state index is 5.28. The summed E-state index contributed by atoms with van der Waals surface area (Å²) in [5.74, 6) is 0.824. The molecule has 2 aromatic rings. The average Bonchev–Trinajstić information content (AvgIpc) is 2.72. The first-order valence-corrected chi connectivity index (χ1v) is 9.88. The molecule has 0 spiro atoms. The van der Waals surface area contributed by atoms with Gasteiger partial charge in [0.2, 0.25) is 0 Å². The molecule has 2 N–H and O–H groups in total. The van der Waals surface area contributed by atoms with Gasteiger partial charge in [0, 0.05) is 39.8 Å². The lowest BCUT2D eigenvalue weighted by molar-refractivity contribution is 0.184. The van der Waals surface area contributed by atoms with Gasteiger partial charge >= 0.3 is 0 Å². The number of nitrogens with zero attached hydrogens (tertiary/aromatic N) is 2. The Labute approximate surface area is 193 Å². The van der Waals surface area contributed by atoms with Crippen molar-refractivity contribution in [2.45, 2.75) is 39.1 Å². The Morgan fingerprint density at radius 1 is 1.03 bits per heavy atom. The average molecular weight is 510 g/mol. The molecule has 0 saturated heterocycles. The molecule has 0 aliphatic heterocycles. The van der Waals surface area contributed by atoms with Gasteiger partial charge in [-0.25, -0.2) is 0 Å². The summed E-state index contributed by atoms with van der Waals surface area (Å²) in [6, 6.07) is 19.4. The van der Waals surface area contributed by atoms with Crippen LogP contribution in [-0.2, 0) is 24.4 Å². The summed E-state index contributed by atoms with van der Waals surface area (Å²) in [5.41, 5.74) is 3.77. The number of nitrogens with one attached hydrogen (secondary N) is 2. The summed E-state index contributed by atoms with van der Waals surface area (Å²) in [4.78, 5) is 6.72. The van der Waals surface area contributed by atoms with E-state index in [0.717, 1.165) is 32.0 Å². The van der Waals surface area contributed by atoms with Crippen LogP contribution in [0, 0.1) is 0 Å². The molecule has 1 unspecified atom stereocenters. The molecule has 0 amide bonds. The van der Waals surface area contributed by atoms with Gasteiger partial charge in [-0.3, -0.25) is 9.89 Å². The van der Waals surface area contributed by atoms with Gasteiger partial charge < -0.3 is 15.4 Å². The van der Waals surface area contributed by atoms with Crippen LogP contribution in [0.4, 0.5) is 0 Å². The van der Waals surface area contributed by atoms with E-state index in [1.165, 1.54) is 16.7 Å². The van der Waals surface area contributed by atoms with E-state index in [1.54, 1.807) is 14.2 Å². The summed E-state index contributed by atoms with van der Waals surface area (Å²) >= 11 is 0. The summed E-state index contributed by atoms with van der Waals surface area (Å²) in [5, 5.41) is 6.82. The monoisotopic (exact) mass is 510 g/mol.